The first-order valence-electron chi connectivity index (χ1n) is 8.39. The summed E-state index contributed by atoms with van der Waals surface area (Å²) < 4.78 is 20.6. The number of benzene rings is 2. The van der Waals surface area contributed by atoms with Gasteiger partial charge in [-0.1, -0.05) is 24.3 Å². The van der Waals surface area contributed by atoms with Crippen LogP contribution in [0.4, 0.5) is 4.39 Å². The van der Waals surface area contributed by atoms with Gasteiger partial charge in [0.15, 0.2) is 0 Å². The molecule has 0 saturated heterocycles. The minimum absolute atomic E-state index is 0.253. The summed E-state index contributed by atoms with van der Waals surface area (Å²) in [4.78, 5) is 11.8. The SMILES string of the molecule is COc1ccccc1-c1cc(C(N)=O)c(C)n1CCc1ccc(F)cc1. The van der Waals surface area contributed by atoms with E-state index in [-0.39, 0.29) is 5.82 Å². The Morgan fingerprint density at radius 1 is 1.15 bits per heavy atom. The number of amides is 1. The summed E-state index contributed by atoms with van der Waals surface area (Å²) in [6.45, 7) is 2.52. The van der Waals surface area contributed by atoms with Crippen molar-refractivity contribution < 1.29 is 13.9 Å². The lowest BCUT2D eigenvalue weighted by atomic mass is 10.1. The maximum absolute atomic E-state index is 13.1. The molecule has 1 amide bonds. The second-order valence-corrected chi connectivity index (χ2v) is 6.12. The number of para-hydroxylation sites is 1. The Morgan fingerprint density at radius 3 is 2.50 bits per heavy atom. The maximum atomic E-state index is 13.1. The van der Waals surface area contributed by atoms with Gasteiger partial charge in [-0.05, 0) is 49.2 Å². The van der Waals surface area contributed by atoms with E-state index in [1.807, 2.05) is 31.2 Å². The molecule has 3 rings (SSSR count). The van der Waals surface area contributed by atoms with Crippen LogP contribution in [0.5, 0.6) is 5.75 Å². The molecule has 0 aliphatic heterocycles. The fourth-order valence-electron chi connectivity index (χ4n) is 3.15. The lowest BCUT2D eigenvalue weighted by Gasteiger charge is -2.14. The molecule has 4 nitrogen and oxygen atoms in total. The van der Waals surface area contributed by atoms with E-state index in [0.717, 1.165) is 28.3 Å². The number of nitrogens with two attached hydrogens (primary N) is 1. The molecular formula is C21H21FN2O2. The van der Waals surface area contributed by atoms with Crippen LogP contribution in [-0.4, -0.2) is 17.6 Å². The van der Waals surface area contributed by atoms with Crippen molar-refractivity contribution in [2.75, 3.05) is 7.11 Å². The van der Waals surface area contributed by atoms with Gasteiger partial charge in [0.2, 0.25) is 0 Å². The minimum atomic E-state index is -0.459. The smallest absolute Gasteiger partial charge is 0.250 e. The van der Waals surface area contributed by atoms with Crippen molar-refractivity contribution >= 4 is 5.91 Å². The highest BCUT2D eigenvalue weighted by Crippen LogP contribution is 2.33. The number of nitrogens with zero attached hydrogens (tertiary/aromatic N) is 1. The molecule has 0 saturated carbocycles. The van der Waals surface area contributed by atoms with Gasteiger partial charge in [-0.25, -0.2) is 4.39 Å². The van der Waals surface area contributed by atoms with Gasteiger partial charge in [0, 0.05) is 17.8 Å². The monoisotopic (exact) mass is 352 g/mol. The summed E-state index contributed by atoms with van der Waals surface area (Å²) in [6, 6.07) is 15.9. The topological polar surface area (TPSA) is 57.2 Å². The fourth-order valence-corrected chi connectivity index (χ4v) is 3.15. The number of carbonyl (C=O) groups is 1. The number of rotatable bonds is 6. The number of primary amides is 1. The Hall–Kier alpha value is -3.08. The maximum Gasteiger partial charge on any atom is 0.250 e. The van der Waals surface area contributed by atoms with Crippen LogP contribution in [0.1, 0.15) is 21.6 Å². The summed E-state index contributed by atoms with van der Waals surface area (Å²) in [5.74, 6) is 0.0138. The van der Waals surface area contributed by atoms with E-state index in [1.54, 1.807) is 25.3 Å². The van der Waals surface area contributed by atoms with Crippen LogP contribution in [-0.2, 0) is 13.0 Å². The second-order valence-electron chi connectivity index (χ2n) is 6.12. The van der Waals surface area contributed by atoms with Crippen LogP contribution < -0.4 is 10.5 Å². The average molecular weight is 352 g/mol. The minimum Gasteiger partial charge on any atom is -0.496 e. The van der Waals surface area contributed by atoms with Gasteiger partial charge < -0.3 is 15.0 Å². The molecule has 0 spiro atoms. The van der Waals surface area contributed by atoms with Crippen LogP contribution in [0.3, 0.4) is 0 Å². The zero-order chi connectivity index (χ0) is 18.7. The van der Waals surface area contributed by atoms with Crippen LogP contribution in [0.25, 0.3) is 11.3 Å². The van der Waals surface area contributed by atoms with Crippen molar-refractivity contribution in [3.05, 3.63) is 77.2 Å². The fraction of sp³-hybridized carbons (Fsp3) is 0.190. The van der Waals surface area contributed by atoms with Gasteiger partial charge in [0.1, 0.15) is 11.6 Å². The Balaban J connectivity index is 2.02. The summed E-state index contributed by atoms with van der Waals surface area (Å²) in [5, 5.41) is 0. The number of hydrogen-bond acceptors (Lipinski definition) is 2. The molecule has 0 aliphatic rings. The van der Waals surface area contributed by atoms with Gasteiger partial charge in [0.25, 0.3) is 5.91 Å². The molecule has 2 N–H and O–H groups in total. The number of aromatic nitrogens is 1. The van der Waals surface area contributed by atoms with Gasteiger partial charge >= 0.3 is 0 Å². The first-order valence-corrected chi connectivity index (χ1v) is 8.39. The molecule has 0 unspecified atom stereocenters. The van der Waals surface area contributed by atoms with E-state index in [2.05, 4.69) is 4.57 Å². The predicted octanol–water partition coefficient (Wildman–Crippen LogP) is 3.95. The van der Waals surface area contributed by atoms with E-state index in [1.165, 1.54) is 12.1 Å². The third-order valence-corrected chi connectivity index (χ3v) is 4.55. The summed E-state index contributed by atoms with van der Waals surface area (Å²) in [7, 11) is 1.62. The second kappa shape index (κ2) is 7.44. The van der Waals surface area contributed by atoms with E-state index in [4.69, 9.17) is 10.5 Å². The lowest BCUT2D eigenvalue weighted by Crippen LogP contribution is -2.13. The molecule has 0 fully saturated rings. The summed E-state index contributed by atoms with van der Waals surface area (Å²) in [5.41, 5.74) is 9.62. The largest absolute Gasteiger partial charge is 0.496 e. The predicted molar refractivity (Wildman–Crippen MR) is 99.8 cm³/mol. The number of aryl methyl sites for hydroxylation is 1. The van der Waals surface area contributed by atoms with Crippen molar-refractivity contribution in [1.29, 1.82) is 0 Å². The van der Waals surface area contributed by atoms with Gasteiger partial charge in [-0.2, -0.15) is 0 Å². The van der Waals surface area contributed by atoms with Crippen LogP contribution in [0, 0.1) is 12.7 Å². The van der Waals surface area contributed by atoms with Crippen molar-refractivity contribution in [2.24, 2.45) is 5.73 Å². The summed E-state index contributed by atoms with van der Waals surface area (Å²) >= 11 is 0. The third kappa shape index (κ3) is 3.47. The lowest BCUT2D eigenvalue weighted by molar-refractivity contribution is 0.0999. The molecule has 5 heteroatoms. The zero-order valence-corrected chi connectivity index (χ0v) is 14.8. The number of methoxy groups -OCH3 is 1. The molecule has 134 valence electrons. The highest BCUT2D eigenvalue weighted by molar-refractivity contribution is 5.96. The average Bonchev–Trinajstić information content (AvgIpc) is 2.98. The molecule has 0 aliphatic carbocycles. The highest BCUT2D eigenvalue weighted by Gasteiger charge is 2.18. The van der Waals surface area contributed by atoms with Crippen LogP contribution in [0.15, 0.2) is 54.6 Å². The number of halogens is 1. The Kier molecular flexibility index (Phi) is 5.07. The molecule has 0 radical (unpaired) electrons. The Bertz CT molecular complexity index is 930. The molecule has 1 heterocycles. The van der Waals surface area contributed by atoms with E-state index in [9.17, 15) is 9.18 Å². The number of carbonyl (C=O) groups excluding carboxylic acids is 1. The first-order chi connectivity index (χ1) is 12.5. The van der Waals surface area contributed by atoms with Crippen molar-refractivity contribution in [3.8, 4) is 17.0 Å². The quantitative estimate of drug-likeness (QED) is 0.730. The van der Waals surface area contributed by atoms with Crippen molar-refractivity contribution in [1.82, 2.24) is 4.57 Å². The molecule has 2 aromatic carbocycles. The molecule has 0 atom stereocenters. The van der Waals surface area contributed by atoms with Crippen LogP contribution in [0.2, 0.25) is 0 Å². The first kappa shape index (κ1) is 17.7. The standard InChI is InChI=1S/C21H21FN2O2/c1-14-18(21(23)25)13-19(17-5-3-4-6-20(17)26-2)24(14)12-11-15-7-9-16(22)10-8-15/h3-10,13H,11-12H2,1-2H3,(H2,23,25). The highest BCUT2D eigenvalue weighted by atomic mass is 19.1. The van der Waals surface area contributed by atoms with E-state index >= 15 is 0 Å². The van der Waals surface area contributed by atoms with E-state index in [0.29, 0.717) is 18.5 Å². The number of ether oxygens (including phenoxy) is 1. The Morgan fingerprint density at radius 2 is 1.85 bits per heavy atom. The third-order valence-electron chi connectivity index (χ3n) is 4.55. The summed E-state index contributed by atoms with van der Waals surface area (Å²) in [6.07, 6.45) is 0.705. The molecule has 3 aromatic rings. The van der Waals surface area contributed by atoms with E-state index < -0.39 is 5.91 Å². The van der Waals surface area contributed by atoms with Gasteiger partial charge in [-0.15, -0.1) is 0 Å². The van der Waals surface area contributed by atoms with Gasteiger partial charge in [-0.3, -0.25) is 4.79 Å². The number of hydrogen-bond donors (Lipinski definition) is 1. The Labute approximate surface area is 152 Å². The zero-order valence-electron chi connectivity index (χ0n) is 14.8. The normalized spacial score (nSPS) is 10.7. The van der Waals surface area contributed by atoms with Gasteiger partial charge in [0.05, 0.1) is 18.4 Å². The molecular weight excluding hydrogens is 331 g/mol. The molecule has 1 aromatic heterocycles. The molecule has 26 heavy (non-hydrogen) atoms. The van der Waals surface area contributed by atoms with Crippen molar-refractivity contribution in [2.45, 2.75) is 19.9 Å². The molecule has 0 bridgehead atoms. The van der Waals surface area contributed by atoms with Crippen molar-refractivity contribution in [3.63, 3.8) is 0 Å². The van der Waals surface area contributed by atoms with Crippen LogP contribution >= 0.6 is 0 Å².